The van der Waals surface area contributed by atoms with Gasteiger partial charge in [-0.1, -0.05) is 35.9 Å². The molecule has 21 heavy (non-hydrogen) atoms. The lowest BCUT2D eigenvalue weighted by atomic mass is 10.1. The van der Waals surface area contributed by atoms with Crippen molar-refractivity contribution in [2.24, 2.45) is 0 Å². The Labute approximate surface area is 128 Å². The Hall–Kier alpha value is -2.33. The number of amides is 2. The molecular weight excluding hydrogens is 288 g/mol. The Kier molecular flexibility index (Phi) is 4.60. The summed E-state index contributed by atoms with van der Waals surface area (Å²) in [6.07, 6.45) is 0. The largest absolute Gasteiger partial charge is 0.318 e. The summed E-state index contributed by atoms with van der Waals surface area (Å²) in [5.74, 6) is -1.50. The average Bonchev–Trinajstić information content (AvgIpc) is 2.43. The van der Waals surface area contributed by atoms with Gasteiger partial charge < -0.3 is 10.6 Å². The van der Waals surface area contributed by atoms with Crippen molar-refractivity contribution >= 4 is 34.8 Å². The van der Waals surface area contributed by atoms with E-state index >= 15 is 0 Å². The molecule has 0 saturated heterocycles. The van der Waals surface area contributed by atoms with Crippen molar-refractivity contribution in [3.05, 3.63) is 58.6 Å². The van der Waals surface area contributed by atoms with Gasteiger partial charge in [-0.05, 0) is 43.2 Å². The van der Waals surface area contributed by atoms with E-state index in [2.05, 4.69) is 10.6 Å². The van der Waals surface area contributed by atoms with Gasteiger partial charge in [0, 0.05) is 5.69 Å². The second-order valence-electron chi connectivity index (χ2n) is 4.71. The van der Waals surface area contributed by atoms with E-state index in [4.69, 9.17) is 11.6 Å². The molecule has 0 aliphatic carbocycles. The van der Waals surface area contributed by atoms with Gasteiger partial charge in [-0.25, -0.2) is 0 Å². The molecule has 0 fully saturated rings. The number of aryl methyl sites for hydroxylation is 2. The van der Waals surface area contributed by atoms with Crippen LogP contribution in [0.1, 0.15) is 11.1 Å². The normalized spacial score (nSPS) is 10.0. The molecule has 4 nitrogen and oxygen atoms in total. The summed E-state index contributed by atoms with van der Waals surface area (Å²) >= 11 is 6.10. The Balaban J connectivity index is 2.10. The van der Waals surface area contributed by atoms with E-state index in [0.717, 1.165) is 11.1 Å². The summed E-state index contributed by atoms with van der Waals surface area (Å²) in [4.78, 5) is 23.8. The summed E-state index contributed by atoms with van der Waals surface area (Å²) < 4.78 is 0. The summed E-state index contributed by atoms with van der Waals surface area (Å²) in [7, 11) is 0. The lowest BCUT2D eigenvalue weighted by Crippen LogP contribution is -2.29. The second-order valence-corrected chi connectivity index (χ2v) is 5.12. The fourth-order valence-electron chi connectivity index (χ4n) is 1.95. The number of hydrogen-bond donors (Lipinski definition) is 2. The number of carbonyl (C=O) groups excluding carboxylic acids is 2. The number of anilines is 2. The zero-order chi connectivity index (χ0) is 15.4. The van der Waals surface area contributed by atoms with Crippen molar-refractivity contribution < 1.29 is 9.59 Å². The van der Waals surface area contributed by atoms with Gasteiger partial charge in [0.25, 0.3) is 0 Å². The van der Waals surface area contributed by atoms with E-state index < -0.39 is 11.8 Å². The molecule has 0 heterocycles. The Bertz CT molecular complexity index is 661. The Morgan fingerprint density at radius 3 is 2.19 bits per heavy atom. The van der Waals surface area contributed by atoms with Gasteiger partial charge in [0.05, 0.1) is 10.7 Å². The molecule has 0 bridgehead atoms. The van der Waals surface area contributed by atoms with E-state index in [1.807, 2.05) is 26.0 Å². The predicted octanol–water partition coefficient (Wildman–Crippen LogP) is 3.53. The first kappa shape index (κ1) is 15.1. The molecule has 2 amide bonds. The Morgan fingerprint density at radius 1 is 0.952 bits per heavy atom. The minimum atomic E-state index is -0.757. The highest BCUT2D eigenvalue weighted by Crippen LogP contribution is 2.27. The number of carbonyl (C=O) groups is 2. The van der Waals surface area contributed by atoms with Crippen molar-refractivity contribution in [1.82, 2.24) is 0 Å². The molecule has 0 aromatic heterocycles. The summed E-state index contributed by atoms with van der Waals surface area (Å²) in [6.45, 7) is 3.73. The zero-order valence-electron chi connectivity index (χ0n) is 11.7. The van der Waals surface area contributed by atoms with Gasteiger partial charge in [0.15, 0.2) is 0 Å². The first-order valence-corrected chi connectivity index (χ1v) is 6.79. The van der Waals surface area contributed by atoms with E-state index in [-0.39, 0.29) is 0 Å². The van der Waals surface area contributed by atoms with Crippen molar-refractivity contribution in [2.45, 2.75) is 13.8 Å². The van der Waals surface area contributed by atoms with E-state index in [9.17, 15) is 9.59 Å². The average molecular weight is 303 g/mol. The van der Waals surface area contributed by atoms with Crippen LogP contribution in [0, 0.1) is 13.8 Å². The molecule has 2 N–H and O–H groups in total. The van der Waals surface area contributed by atoms with Crippen molar-refractivity contribution in [1.29, 1.82) is 0 Å². The van der Waals surface area contributed by atoms with Gasteiger partial charge in [-0.3, -0.25) is 9.59 Å². The number of para-hydroxylation sites is 1. The van der Waals surface area contributed by atoms with Gasteiger partial charge in [0.2, 0.25) is 0 Å². The maximum absolute atomic E-state index is 11.9. The molecule has 2 aromatic carbocycles. The molecule has 0 saturated carbocycles. The summed E-state index contributed by atoms with van der Waals surface area (Å²) in [6, 6.07) is 12.4. The lowest BCUT2D eigenvalue weighted by molar-refractivity contribution is -0.133. The van der Waals surface area contributed by atoms with E-state index in [0.29, 0.717) is 16.4 Å². The van der Waals surface area contributed by atoms with Crippen LogP contribution in [0.2, 0.25) is 5.02 Å². The second kappa shape index (κ2) is 6.41. The van der Waals surface area contributed by atoms with Crippen molar-refractivity contribution in [3.8, 4) is 0 Å². The maximum Gasteiger partial charge on any atom is 0.314 e. The van der Waals surface area contributed by atoms with Crippen LogP contribution in [0.5, 0.6) is 0 Å². The first-order chi connectivity index (χ1) is 9.97. The molecule has 0 radical (unpaired) electrons. The molecule has 0 atom stereocenters. The van der Waals surface area contributed by atoms with E-state index in [1.165, 1.54) is 0 Å². The van der Waals surface area contributed by atoms with Gasteiger partial charge in [-0.15, -0.1) is 0 Å². The molecule has 108 valence electrons. The van der Waals surface area contributed by atoms with Crippen LogP contribution in [-0.2, 0) is 9.59 Å². The highest BCUT2D eigenvalue weighted by atomic mass is 35.5. The van der Waals surface area contributed by atoms with Gasteiger partial charge >= 0.3 is 11.8 Å². The zero-order valence-corrected chi connectivity index (χ0v) is 12.5. The number of rotatable bonds is 2. The number of benzene rings is 2. The number of nitrogens with one attached hydrogen (secondary N) is 2. The molecule has 0 aliphatic rings. The monoisotopic (exact) mass is 302 g/mol. The molecule has 0 unspecified atom stereocenters. The topological polar surface area (TPSA) is 58.2 Å². The number of hydrogen-bond acceptors (Lipinski definition) is 2. The summed E-state index contributed by atoms with van der Waals surface area (Å²) in [5.41, 5.74) is 2.81. The van der Waals surface area contributed by atoms with Crippen LogP contribution in [0.25, 0.3) is 0 Å². The molecule has 5 heteroatoms. The van der Waals surface area contributed by atoms with Crippen LogP contribution in [-0.4, -0.2) is 11.8 Å². The SMILES string of the molecule is Cc1cc(C)c(NC(=O)C(=O)Nc2ccccc2)c(Cl)c1. The third-order valence-corrected chi connectivity index (χ3v) is 3.21. The fraction of sp³-hybridized carbons (Fsp3) is 0.125. The van der Waals surface area contributed by atoms with Gasteiger partial charge in [0.1, 0.15) is 0 Å². The third kappa shape index (κ3) is 3.83. The lowest BCUT2D eigenvalue weighted by Gasteiger charge is -2.11. The van der Waals surface area contributed by atoms with Crippen LogP contribution < -0.4 is 10.6 Å². The molecule has 0 aliphatic heterocycles. The fourth-order valence-corrected chi connectivity index (χ4v) is 2.32. The maximum atomic E-state index is 11.9. The first-order valence-electron chi connectivity index (χ1n) is 6.41. The highest BCUT2D eigenvalue weighted by Gasteiger charge is 2.16. The van der Waals surface area contributed by atoms with E-state index in [1.54, 1.807) is 30.3 Å². The Morgan fingerprint density at radius 2 is 1.57 bits per heavy atom. The standard InChI is InChI=1S/C16H15ClN2O2/c1-10-8-11(2)14(13(17)9-10)19-16(21)15(20)18-12-6-4-3-5-7-12/h3-9H,1-2H3,(H,18,20)(H,19,21). The van der Waals surface area contributed by atoms with Crippen LogP contribution in [0.3, 0.4) is 0 Å². The molecule has 0 spiro atoms. The molecule has 2 aromatic rings. The van der Waals surface area contributed by atoms with Crippen LogP contribution in [0.4, 0.5) is 11.4 Å². The minimum absolute atomic E-state index is 0.411. The van der Waals surface area contributed by atoms with Crippen LogP contribution in [0.15, 0.2) is 42.5 Å². The van der Waals surface area contributed by atoms with Crippen molar-refractivity contribution in [2.75, 3.05) is 10.6 Å². The predicted molar refractivity (Wildman–Crippen MR) is 84.6 cm³/mol. The highest BCUT2D eigenvalue weighted by molar-refractivity contribution is 6.45. The summed E-state index contributed by atoms with van der Waals surface area (Å²) in [5, 5.41) is 5.47. The molecule has 2 rings (SSSR count). The third-order valence-electron chi connectivity index (χ3n) is 2.91. The van der Waals surface area contributed by atoms with Gasteiger partial charge in [-0.2, -0.15) is 0 Å². The quantitative estimate of drug-likeness (QED) is 0.834. The smallest absolute Gasteiger partial charge is 0.314 e. The minimum Gasteiger partial charge on any atom is -0.318 e. The number of halogens is 1. The van der Waals surface area contributed by atoms with Crippen molar-refractivity contribution in [3.63, 3.8) is 0 Å². The van der Waals surface area contributed by atoms with Crippen LogP contribution >= 0.6 is 11.6 Å². The molecular formula is C16H15ClN2O2.